The molecule has 1 amide bonds. The van der Waals surface area contributed by atoms with Crippen LogP contribution in [0.5, 0.6) is 5.75 Å². The minimum absolute atomic E-state index is 0.140. The molecule has 2 N–H and O–H groups in total. The highest BCUT2D eigenvalue weighted by atomic mass is 16.5. The number of nitrogens with zero attached hydrogens (tertiary/aromatic N) is 2. The Hall–Kier alpha value is -1.95. The number of amides is 1. The number of methoxy groups -OCH3 is 1. The van der Waals surface area contributed by atoms with Gasteiger partial charge in [0.1, 0.15) is 11.9 Å². The lowest BCUT2D eigenvalue weighted by molar-refractivity contribution is -0.141. The standard InChI is InChI=1S/C16H23N3O3/c1-21-15-11-12(17)4-5-13(15)18-6-8-19(9-7-18)16(20)14-3-2-10-22-14/h4-5,11,14H,2-3,6-10,17H2,1H3. The molecule has 0 aliphatic carbocycles. The molecule has 2 aliphatic heterocycles. The van der Waals surface area contributed by atoms with Gasteiger partial charge >= 0.3 is 0 Å². The van der Waals surface area contributed by atoms with E-state index in [0.717, 1.165) is 37.4 Å². The third-order valence-corrected chi connectivity index (χ3v) is 4.34. The molecular weight excluding hydrogens is 282 g/mol. The number of anilines is 2. The fourth-order valence-electron chi connectivity index (χ4n) is 3.10. The number of nitrogen functional groups attached to an aromatic ring is 1. The Morgan fingerprint density at radius 2 is 2.09 bits per heavy atom. The average molecular weight is 305 g/mol. The van der Waals surface area contributed by atoms with Crippen molar-refractivity contribution < 1.29 is 14.3 Å². The van der Waals surface area contributed by atoms with Gasteiger partial charge in [-0.05, 0) is 25.0 Å². The van der Waals surface area contributed by atoms with E-state index < -0.39 is 0 Å². The fraction of sp³-hybridized carbons (Fsp3) is 0.562. The van der Waals surface area contributed by atoms with Crippen molar-refractivity contribution in [3.63, 3.8) is 0 Å². The summed E-state index contributed by atoms with van der Waals surface area (Å²) < 4.78 is 10.9. The monoisotopic (exact) mass is 305 g/mol. The lowest BCUT2D eigenvalue weighted by Crippen LogP contribution is -2.51. The first kappa shape index (κ1) is 15.0. The summed E-state index contributed by atoms with van der Waals surface area (Å²) in [5.74, 6) is 0.917. The number of ether oxygens (including phenoxy) is 2. The number of carbonyl (C=O) groups is 1. The third kappa shape index (κ3) is 2.97. The van der Waals surface area contributed by atoms with E-state index in [1.807, 2.05) is 23.1 Å². The number of benzene rings is 1. The van der Waals surface area contributed by atoms with Crippen LogP contribution in [0.15, 0.2) is 18.2 Å². The molecule has 0 saturated carbocycles. The van der Waals surface area contributed by atoms with Gasteiger partial charge in [0, 0.05) is 44.5 Å². The number of nitrogens with two attached hydrogens (primary N) is 1. The summed E-state index contributed by atoms with van der Waals surface area (Å²) >= 11 is 0. The highest BCUT2D eigenvalue weighted by Crippen LogP contribution is 2.31. The Morgan fingerprint density at radius 3 is 2.73 bits per heavy atom. The van der Waals surface area contributed by atoms with E-state index in [2.05, 4.69) is 4.90 Å². The summed E-state index contributed by atoms with van der Waals surface area (Å²) in [5, 5.41) is 0. The molecule has 0 aromatic heterocycles. The Labute approximate surface area is 130 Å². The van der Waals surface area contributed by atoms with Gasteiger partial charge in [-0.15, -0.1) is 0 Å². The predicted molar refractivity (Wildman–Crippen MR) is 85.2 cm³/mol. The second-order valence-corrected chi connectivity index (χ2v) is 5.75. The Balaban J connectivity index is 1.63. The third-order valence-electron chi connectivity index (χ3n) is 4.34. The number of rotatable bonds is 3. The van der Waals surface area contributed by atoms with E-state index in [0.29, 0.717) is 25.4 Å². The maximum atomic E-state index is 12.4. The topological polar surface area (TPSA) is 68.0 Å². The highest BCUT2D eigenvalue weighted by molar-refractivity contribution is 5.81. The van der Waals surface area contributed by atoms with E-state index in [1.54, 1.807) is 7.11 Å². The molecule has 1 aromatic rings. The first-order chi connectivity index (χ1) is 10.7. The predicted octanol–water partition coefficient (Wildman–Crippen LogP) is 1.10. The maximum Gasteiger partial charge on any atom is 0.251 e. The molecule has 6 nitrogen and oxygen atoms in total. The molecule has 0 radical (unpaired) electrons. The second-order valence-electron chi connectivity index (χ2n) is 5.75. The number of hydrogen-bond acceptors (Lipinski definition) is 5. The minimum Gasteiger partial charge on any atom is -0.495 e. The SMILES string of the molecule is COc1cc(N)ccc1N1CCN(C(=O)C2CCCO2)CC1. The molecule has 2 heterocycles. The summed E-state index contributed by atoms with van der Waals surface area (Å²) in [6.45, 7) is 3.72. The van der Waals surface area contributed by atoms with Crippen LogP contribution in [0.4, 0.5) is 11.4 Å². The molecule has 0 bridgehead atoms. The second kappa shape index (κ2) is 6.44. The lowest BCUT2D eigenvalue weighted by Gasteiger charge is -2.37. The first-order valence-electron chi connectivity index (χ1n) is 7.78. The van der Waals surface area contributed by atoms with Gasteiger partial charge in [-0.1, -0.05) is 0 Å². The molecule has 22 heavy (non-hydrogen) atoms. The van der Waals surface area contributed by atoms with Gasteiger partial charge in [0.05, 0.1) is 12.8 Å². The minimum atomic E-state index is -0.224. The summed E-state index contributed by atoms with van der Waals surface area (Å²) in [7, 11) is 1.65. The van der Waals surface area contributed by atoms with Crippen LogP contribution in [0, 0.1) is 0 Å². The van der Waals surface area contributed by atoms with Gasteiger partial charge in [0.25, 0.3) is 5.91 Å². The molecule has 1 aromatic carbocycles. The van der Waals surface area contributed by atoms with Crippen molar-refractivity contribution in [1.29, 1.82) is 0 Å². The van der Waals surface area contributed by atoms with Crippen LogP contribution in [-0.4, -0.2) is 56.8 Å². The van der Waals surface area contributed by atoms with Gasteiger partial charge < -0.3 is 25.0 Å². The molecule has 3 rings (SSSR count). The normalized spacial score (nSPS) is 22.0. The van der Waals surface area contributed by atoms with Crippen LogP contribution in [0.3, 0.4) is 0 Å². The highest BCUT2D eigenvalue weighted by Gasteiger charge is 2.30. The number of hydrogen-bond donors (Lipinski definition) is 1. The number of carbonyl (C=O) groups excluding carboxylic acids is 1. The van der Waals surface area contributed by atoms with Crippen molar-refractivity contribution in [3.05, 3.63) is 18.2 Å². The molecule has 1 unspecified atom stereocenters. The molecule has 2 fully saturated rings. The van der Waals surface area contributed by atoms with Crippen LogP contribution >= 0.6 is 0 Å². The van der Waals surface area contributed by atoms with Crippen LogP contribution in [0.1, 0.15) is 12.8 Å². The first-order valence-corrected chi connectivity index (χ1v) is 7.78. The largest absolute Gasteiger partial charge is 0.495 e. The van der Waals surface area contributed by atoms with Crippen LogP contribution in [0.25, 0.3) is 0 Å². The number of piperazine rings is 1. The van der Waals surface area contributed by atoms with E-state index in [1.165, 1.54) is 0 Å². The van der Waals surface area contributed by atoms with Crippen molar-refractivity contribution >= 4 is 17.3 Å². The van der Waals surface area contributed by atoms with E-state index in [4.69, 9.17) is 15.2 Å². The molecule has 2 saturated heterocycles. The molecule has 6 heteroatoms. The smallest absolute Gasteiger partial charge is 0.251 e. The van der Waals surface area contributed by atoms with Crippen LogP contribution < -0.4 is 15.4 Å². The molecule has 1 atom stereocenters. The van der Waals surface area contributed by atoms with Crippen LogP contribution in [-0.2, 0) is 9.53 Å². The van der Waals surface area contributed by atoms with E-state index in [9.17, 15) is 4.79 Å². The van der Waals surface area contributed by atoms with Crippen molar-refractivity contribution in [2.24, 2.45) is 0 Å². The van der Waals surface area contributed by atoms with Gasteiger partial charge in [0.15, 0.2) is 0 Å². The van der Waals surface area contributed by atoms with Crippen molar-refractivity contribution in [2.45, 2.75) is 18.9 Å². The van der Waals surface area contributed by atoms with Gasteiger partial charge in [0.2, 0.25) is 0 Å². The molecule has 0 spiro atoms. The van der Waals surface area contributed by atoms with Gasteiger partial charge in [-0.2, -0.15) is 0 Å². The van der Waals surface area contributed by atoms with E-state index >= 15 is 0 Å². The summed E-state index contributed by atoms with van der Waals surface area (Å²) in [5.41, 5.74) is 7.52. The summed E-state index contributed by atoms with van der Waals surface area (Å²) in [4.78, 5) is 16.5. The van der Waals surface area contributed by atoms with E-state index in [-0.39, 0.29) is 12.0 Å². The Morgan fingerprint density at radius 1 is 1.32 bits per heavy atom. The van der Waals surface area contributed by atoms with Crippen molar-refractivity contribution in [3.8, 4) is 5.75 Å². The lowest BCUT2D eigenvalue weighted by atomic mass is 10.2. The maximum absolute atomic E-state index is 12.4. The summed E-state index contributed by atoms with van der Waals surface area (Å²) in [6, 6.07) is 5.69. The van der Waals surface area contributed by atoms with Crippen molar-refractivity contribution in [2.75, 3.05) is 50.5 Å². The van der Waals surface area contributed by atoms with Gasteiger partial charge in [-0.3, -0.25) is 4.79 Å². The quantitative estimate of drug-likeness (QED) is 0.847. The zero-order valence-corrected chi connectivity index (χ0v) is 13.0. The Kier molecular flexibility index (Phi) is 4.38. The van der Waals surface area contributed by atoms with Gasteiger partial charge in [-0.25, -0.2) is 0 Å². The Bertz CT molecular complexity index is 535. The molecular formula is C16H23N3O3. The molecule has 2 aliphatic rings. The van der Waals surface area contributed by atoms with Crippen molar-refractivity contribution in [1.82, 2.24) is 4.90 Å². The molecule has 120 valence electrons. The fourth-order valence-corrected chi connectivity index (χ4v) is 3.10. The summed E-state index contributed by atoms with van der Waals surface area (Å²) in [6.07, 6.45) is 1.61. The average Bonchev–Trinajstić information content (AvgIpc) is 3.08. The zero-order chi connectivity index (χ0) is 15.5. The van der Waals surface area contributed by atoms with Crippen LogP contribution in [0.2, 0.25) is 0 Å². The zero-order valence-electron chi connectivity index (χ0n) is 13.0.